The average molecular weight is 384 g/mol. The summed E-state index contributed by atoms with van der Waals surface area (Å²) in [4.78, 5) is 24.3. The molecule has 1 heterocycles. The number of nitrogens with zero attached hydrogens (tertiary/aromatic N) is 3. The van der Waals surface area contributed by atoms with Gasteiger partial charge in [0.25, 0.3) is 5.69 Å². The summed E-state index contributed by atoms with van der Waals surface area (Å²) < 4.78 is 27.0. The van der Waals surface area contributed by atoms with Crippen molar-refractivity contribution in [3.8, 4) is 0 Å². The van der Waals surface area contributed by atoms with Crippen LogP contribution in [0.3, 0.4) is 0 Å². The van der Waals surface area contributed by atoms with E-state index in [0.29, 0.717) is 13.1 Å². The molecule has 26 heavy (non-hydrogen) atoms. The first-order chi connectivity index (χ1) is 12.3. The second kappa shape index (κ2) is 8.56. The van der Waals surface area contributed by atoms with E-state index >= 15 is 0 Å². The number of hydrogen-bond acceptors (Lipinski definition) is 6. The Morgan fingerprint density at radius 2 is 1.88 bits per heavy atom. The Kier molecular flexibility index (Phi) is 6.68. The molecule has 1 saturated heterocycles. The highest BCUT2D eigenvalue weighted by atomic mass is 32.2. The van der Waals surface area contributed by atoms with Gasteiger partial charge in [-0.15, -0.1) is 0 Å². The van der Waals surface area contributed by atoms with Gasteiger partial charge in [-0.25, -0.2) is 8.42 Å². The standard InChI is InChI=1S/C16H24N4O5S/c1-3-19(13(2)12-16(21)18-10-8-17-9-11-18)26(24,25)15-6-4-14(5-7-15)20(22)23/h4-7,13,17H,3,8-12H2,1-2H3. The van der Waals surface area contributed by atoms with Gasteiger partial charge in [0.1, 0.15) is 0 Å². The number of nitrogens with one attached hydrogen (secondary N) is 1. The first-order valence-corrected chi connectivity index (χ1v) is 9.96. The molecule has 1 fully saturated rings. The lowest BCUT2D eigenvalue weighted by molar-refractivity contribution is -0.384. The fraction of sp³-hybridized carbons (Fsp3) is 0.562. The maximum absolute atomic E-state index is 12.9. The number of hydrogen-bond donors (Lipinski definition) is 1. The number of amides is 1. The summed E-state index contributed by atoms with van der Waals surface area (Å²) in [6.07, 6.45) is 0.0973. The van der Waals surface area contributed by atoms with Crippen molar-refractivity contribution in [1.82, 2.24) is 14.5 Å². The molecule has 2 rings (SSSR count). The molecule has 0 aromatic heterocycles. The van der Waals surface area contributed by atoms with E-state index in [1.807, 2.05) is 0 Å². The van der Waals surface area contributed by atoms with Crippen LogP contribution in [0.4, 0.5) is 5.69 Å². The molecule has 144 valence electrons. The Morgan fingerprint density at radius 1 is 1.31 bits per heavy atom. The molecule has 1 aromatic carbocycles. The van der Waals surface area contributed by atoms with Crippen molar-refractivity contribution in [2.75, 3.05) is 32.7 Å². The highest BCUT2D eigenvalue weighted by Crippen LogP contribution is 2.22. The second-order valence-electron chi connectivity index (χ2n) is 6.14. The van der Waals surface area contributed by atoms with Crippen molar-refractivity contribution in [2.45, 2.75) is 31.2 Å². The first-order valence-electron chi connectivity index (χ1n) is 8.52. The molecule has 10 heteroatoms. The van der Waals surface area contributed by atoms with Crippen molar-refractivity contribution in [2.24, 2.45) is 0 Å². The number of nitro groups is 1. The third-order valence-electron chi connectivity index (χ3n) is 4.40. The minimum absolute atomic E-state index is 0.0218. The van der Waals surface area contributed by atoms with Crippen molar-refractivity contribution < 1.29 is 18.1 Å². The molecule has 0 aliphatic carbocycles. The molecule has 9 nitrogen and oxygen atoms in total. The molecule has 0 spiro atoms. The number of benzene rings is 1. The number of nitro benzene ring substituents is 1. The fourth-order valence-electron chi connectivity index (χ4n) is 2.99. The van der Waals surface area contributed by atoms with Gasteiger partial charge in [0, 0.05) is 57.3 Å². The van der Waals surface area contributed by atoms with Crippen molar-refractivity contribution >= 4 is 21.6 Å². The quantitative estimate of drug-likeness (QED) is 0.550. The lowest BCUT2D eigenvalue weighted by Gasteiger charge is -2.31. The zero-order valence-corrected chi connectivity index (χ0v) is 15.7. The monoisotopic (exact) mass is 384 g/mol. The molecule has 1 N–H and O–H groups in total. The summed E-state index contributed by atoms with van der Waals surface area (Å²) in [6, 6.07) is 4.26. The third kappa shape index (κ3) is 4.57. The van der Waals surface area contributed by atoms with E-state index in [0.717, 1.165) is 25.2 Å². The molecule has 1 amide bonds. The normalized spacial score (nSPS) is 16.5. The summed E-state index contributed by atoms with van der Waals surface area (Å²) in [5.74, 6) is -0.0728. The van der Waals surface area contributed by atoms with Gasteiger partial charge in [-0.1, -0.05) is 6.92 Å². The zero-order chi connectivity index (χ0) is 19.3. The Labute approximate surface area is 153 Å². The highest BCUT2D eigenvalue weighted by molar-refractivity contribution is 7.89. The van der Waals surface area contributed by atoms with Crippen LogP contribution in [0.1, 0.15) is 20.3 Å². The van der Waals surface area contributed by atoms with Gasteiger partial charge in [0.2, 0.25) is 15.9 Å². The molecule has 0 saturated carbocycles. The Morgan fingerprint density at radius 3 is 2.38 bits per heavy atom. The number of carbonyl (C=O) groups is 1. The van der Waals surface area contributed by atoms with Crippen molar-refractivity contribution in [3.05, 3.63) is 34.4 Å². The summed E-state index contributed by atoms with van der Waals surface area (Å²) in [7, 11) is -3.84. The average Bonchev–Trinajstić information content (AvgIpc) is 2.62. The van der Waals surface area contributed by atoms with Gasteiger partial charge in [0.05, 0.1) is 9.82 Å². The molecule has 0 bridgehead atoms. The molecule has 0 radical (unpaired) electrons. The minimum Gasteiger partial charge on any atom is -0.340 e. The lowest BCUT2D eigenvalue weighted by atomic mass is 10.2. The highest BCUT2D eigenvalue weighted by Gasteiger charge is 2.30. The molecule has 1 aliphatic rings. The topological polar surface area (TPSA) is 113 Å². The van der Waals surface area contributed by atoms with E-state index < -0.39 is 21.0 Å². The summed E-state index contributed by atoms with van der Waals surface area (Å²) in [6.45, 7) is 6.31. The maximum Gasteiger partial charge on any atom is 0.269 e. The first kappa shape index (κ1) is 20.3. The van der Waals surface area contributed by atoms with Gasteiger partial charge in [-0.3, -0.25) is 14.9 Å². The van der Waals surface area contributed by atoms with Crippen molar-refractivity contribution in [3.63, 3.8) is 0 Å². The number of carbonyl (C=O) groups excluding carboxylic acids is 1. The minimum atomic E-state index is -3.84. The second-order valence-corrected chi connectivity index (χ2v) is 8.03. The Hall–Kier alpha value is -2.04. The van der Waals surface area contributed by atoms with Gasteiger partial charge in [-0.2, -0.15) is 4.31 Å². The van der Waals surface area contributed by atoms with E-state index in [-0.39, 0.29) is 29.5 Å². The number of non-ortho nitro benzene ring substituents is 1. The number of sulfonamides is 1. The number of rotatable bonds is 7. The van der Waals surface area contributed by atoms with Crippen LogP contribution in [0.25, 0.3) is 0 Å². The summed E-state index contributed by atoms with van der Waals surface area (Å²) in [5.41, 5.74) is -0.172. The van der Waals surface area contributed by atoms with Crippen molar-refractivity contribution in [1.29, 1.82) is 0 Å². The maximum atomic E-state index is 12.9. The molecular weight excluding hydrogens is 360 g/mol. The van der Waals surface area contributed by atoms with Gasteiger partial charge >= 0.3 is 0 Å². The van der Waals surface area contributed by atoms with Crippen LogP contribution in [0.2, 0.25) is 0 Å². The SMILES string of the molecule is CCN(C(C)CC(=O)N1CCNCC1)S(=O)(=O)c1ccc([N+](=O)[O-])cc1. The number of piperazine rings is 1. The largest absolute Gasteiger partial charge is 0.340 e. The van der Waals surface area contributed by atoms with E-state index in [2.05, 4.69) is 5.32 Å². The Balaban J connectivity index is 2.13. The van der Waals surface area contributed by atoms with Crippen LogP contribution in [0.5, 0.6) is 0 Å². The fourth-order valence-corrected chi connectivity index (χ4v) is 4.63. The van der Waals surface area contributed by atoms with Crippen LogP contribution >= 0.6 is 0 Å². The van der Waals surface area contributed by atoms with E-state index in [1.165, 1.54) is 16.4 Å². The Bertz CT molecular complexity index is 744. The predicted octanol–water partition coefficient (Wildman–Crippen LogP) is 0.816. The molecule has 1 atom stereocenters. The van der Waals surface area contributed by atoms with Crippen LogP contribution in [0.15, 0.2) is 29.2 Å². The third-order valence-corrected chi connectivity index (χ3v) is 6.50. The molecule has 1 aromatic rings. The van der Waals surface area contributed by atoms with Crippen LogP contribution in [0, 0.1) is 10.1 Å². The van der Waals surface area contributed by atoms with E-state index in [9.17, 15) is 23.3 Å². The van der Waals surface area contributed by atoms with Gasteiger partial charge < -0.3 is 10.2 Å². The van der Waals surface area contributed by atoms with Crippen LogP contribution in [-0.2, 0) is 14.8 Å². The summed E-state index contributed by atoms with van der Waals surface area (Å²) >= 11 is 0. The smallest absolute Gasteiger partial charge is 0.269 e. The van der Waals surface area contributed by atoms with E-state index in [1.54, 1.807) is 18.7 Å². The van der Waals surface area contributed by atoms with Crippen LogP contribution < -0.4 is 5.32 Å². The molecular formula is C16H24N4O5S. The molecule has 1 aliphatic heterocycles. The summed E-state index contributed by atoms with van der Waals surface area (Å²) in [5, 5.41) is 13.9. The van der Waals surface area contributed by atoms with Gasteiger partial charge in [0.15, 0.2) is 0 Å². The van der Waals surface area contributed by atoms with Gasteiger partial charge in [-0.05, 0) is 19.1 Å². The predicted molar refractivity (Wildman–Crippen MR) is 96.2 cm³/mol. The van der Waals surface area contributed by atoms with E-state index in [4.69, 9.17) is 0 Å². The lowest BCUT2D eigenvalue weighted by Crippen LogP contribution is -2.48. The zero-order valence-electron chi connectivity index (χ0n) is 14.9. The van der Waals surface area contributed by atoms with Crippen LogP contribution in [-0.4, -0.2) is 67.2 Å². The molecule has 1 unspecified atom stereocenters.